The van der Waals surface area contributed by atoms with E-state index >= 15 is 0 Å². The van der Waals surface area contributed by atoms with Crippen LogP contribution < -0.4 is 0 Å². The third-order valence-corrected chi connectivity index (χ3v) is 3.21. The highest BCUT2D eigenvalue weighted by Gasteiger charge is 2.17. The summed E-state index contributed by atoms with van der Waals surface area (Å²) in [4.78, 5) is 11.7. The van der Waals surface area contributed by atoms with E-state index in [-0.39, 0.29) is 12.1 Å². The highest BCUT2D eigenvalue weighted by atomic mass is 16.6. The van der Waals surface area contributed by atoms with E-state index in [0.29, 0.717) is 6.61 Å². The molecule has 1 rings (SSSR count). The van der Waals surface area contributed by atoms with Crippen molar-refractivity contribution in [2.45, 2.75) is 59.9 Å². The summed E-state index contributed by atoms with van der Waals surface area (Å²) in [5, 5.41) is 0. The van der Waals surface area contributed by atoms with Crippen molar-refractivity contribution in [3.05, 3.63) is 34.9 Å². The molecule has 19 heavy (non-hydrogen) atoms. The minimum Gasteiger partial charge on any atom is -0.461 e. The molecule has 0 fully saturated rings. The average molecular weight is 264 g/mol. The van der Waals surface area contributed by atoms with Gasteiger partial charge in [-0.05, 0) is 45.2 Å². The normalized spacial score (nSPS) is 13.9. The van der Waals surface area contributed by atoms with Gasteiger partial charge < -0.3 is 9.47 Å². The second kappa shape index (κ2) is 7.29. The number of hydrogen-bond donors (Lipinski definition) is 0. The Morgan fingerprint density at radius 2 is 1.95 bits per heavy atom. The van der Waals surface area contributed by atoms with Gasteiger partial charge in [-0.1, -0.05) is 30.7 Å². The summed E-state index contributed by atoms with van der Waals surface area (Å²) in [7, 11) is 0. The summed E-state index contributed by atoms with van der Waals surface area (Å²) in [6, 6.07) is 6.20. The van der Waals surface area contributed by atoms with Crippen molar-refractivity contribution in [1.29, 1.82) is 0 Å². The molecule has 2 unspecified atom stereocenters. The average Bonchev–Trinajstić information content (AvgIpc) is 2.37. The predicted octanol–water partition coefficient (Wildman–Crippen LogP) is 3.55. The van der Waals surface area contributed by atoms with E-state index < -0.39 is 6.10 Å². The van der Waals surface area contributed by atoms with Crippen molar-refractivity contribution in [3.63, 3.8) is 0 Å². The van der Waals surface area contributed by atoms with Gasteiger partial charge in [0.05, 0.1) is 12.7 Å². The molecule has 0 aliphatic carbocycles. The van der Waals surface area contributed by atoms with Crippen molar-refractivity contribution >= 4 is 5.97 Å². The van der Waals surface area contributed by atoms with Gasteiger partial charge in [0.15, 0.2) is 6.10 Å². The van der Waals surface area contributed by atoms with Gasteiger partial charge in [-0.25, -0.2) is 4.79 Å². The summed E-state index contributed by atoms with van der Waals surface area (Å²) in [5.41, 5.74) is 3.52. The molecule has 1 aromatic carbocycles. The molecule has 0 saturated heterocycles. The third-order valence-electron chi connectivity index (χ3n) is 3.21. The second-order valence-corrected chi connectivity index (χ2v) is 5.04. The Morgan fingerprint density at radius 1 is 1.26 bits per heavy atom. The standard InChI is InChI=1S/C16H24O3/c1-6-13(4)19-16(17)14(5)18-10-15-8-7-11(2)9-12(15)3/h7-9,13-14H,6,10H2,1-5H3. The largest absolute Gasteiger partial charge is 0.461 e. The molecule has 0 aromatic heterocycles. The zero-order valence-corrected chi connectivity index (χ0v) is 12.5. The molecule has 1 aromatic rings. The van der Waals surface area contributed by atoms with Crippen LogP contribution in [-0.2, 0) is 20.9 Å². The Balaban J connectivity index is 2.49. The topological polar surface area (TPSA) is 35.5 Å². The van der Waals surface area contributed by atoms with Crippen LogP contribution in [0.15, 0.2) is 18.2 Å². The first-order chi connectivity index (χ1) is 8.93. The molecule has 106 valence electrons. The van der Waals surface area contributed by atoms with E-state index in [0.717, 1.165) is 12.0 Å². The van der Waals surface area contributed by atoms with Crippen LogP contribution in [0.1, 0.15) is 43.9 Å². The van der Waals surface area contributed by atoms with Crippen molar-refractivity contribution in [2.75, 3.05) is 0 Å². The van der Waals surface area contributed by atoms with Crippen LogP contribution in [0.2, 0.25) is 0 Å². The van der Waals surface area contributed by atoms with Crippen LogP contribution in [0.25, 0.3) is 0 Å². The molecule has 3 nitrogen and oxygen atoms in total. The number of esters is 1. The Bertz CT molecular complexity index is 426. The van der Waals surface area contributed by atoms with Gasteiger partial charge in [0.25, 0.3) is 0 Å². The quantitative estimate of drug-likeness (QED) is 0.737. The van der Waals surface area contributed by atoms with E-state index in [1.165, 1.54) is 11.1 Å². The van der Waals surface area contributed by atoms with Gasteiger partial charge in [0.1, 0.15) is 0 Å². The van der Waals surface area contributed by atoms with Crippen LogP contribution in [0.4, 0.5) is 0 Å². The maximum Gasteiger partial charge on any atom is 0.335 e. The number of aryl methyl sites for hydroxylation is 2. The van der Waals surface area contributed by atoms with E-state index in [4.69, 9.17) is 9.47 Å². The van der Waals surface area contributed by atoms with Gasteiger partial charge in [-0.2, -0.15) is 0 Å². The van der Waals surface area contributed by atoms with Crippen LogP contribution >= 0.6 is 0 Å². The van der Waals surface area contributed by atoms with E-state index in [1.807, 2.05) is 32.9 Å². The molecular formula is C16H24O3. The molecule has 0 saturated carbocycles. The van der Waals surface area contributed by atoms with Crippen LogP contribution in [0, 0.1) is 13.8 Å². The maximum absolute atomic E-state index is 11.7. The van der Waals surface area contributed by atoms with Gasteiger partial charge >= 0.3 is 5.97 Å². The smallest absolute Gasteiger partial charge is 0.335 e. The molecule has 0 aliphatic rings. The zero-order valence-electron chi connectivity index (χ0n) is 12.5. The molecule has 0 amide bonds. The number of carbonyl (C=O) groups is 1. The summed E-state index contributed by atoms with van der Waals surface area (Å²) in [6.45, 7) is 10.1. The molecule has 0 spiro atoms. The van der Waals surface area contributed by atoms with Gasteiger partial charge in [0, 0.05) is 0 Å². The molecule has 3 heteroatoms. The van der Waals surface area contributed by atoms with Crippen molar-refractivity contribution in [2.24, 2.45) is 0 Å². The third kappa shape index (κ3) is 5.03. The summed E-state index contributed by atoms with van der Waals surface area (Å²) in [5.74, 6) is -0.292. The van der Waals surface area contributed by atoms with Gasteiger partial charge in [-0.3, -0.25) is 0 Å². The molecule has 0 radical (unpaired) electrons. The number of ether oxygens (including phenoxy) is 2. The van der Waals surface area contributed by atoms with E-state index in [9.17, 15) is 4.79 Å². The predicted molar refractivity (Wildman–Crippen MR) is 76.0 cm³/mol. The zero-order chi connectivity index (χ0) is 14.4. The number of carbonyl (C=O) groups excluding carboxylic acids is 1. The number of hydrogen-bond acceptors (Lipinski definition) is 3. The van der Waals surface area contributed by atoms with Crippen LogP contribution in [-0.4, -0.2) is 18.2 Å². The molecule has 0 heterocycles. The highest BCUT2D eigenvalue weighted by Crippen LogP contribution is 2.13. The lowest BCUT2D eigenvalue weighted by Crippen LogP contribution is -2.26. The lowest BCUT2D eigenvalue weighted by molar-refractivity contribution is -0.161. The van der Waals surface area contributed by atoms with Crippen LogP contribution in [0.3, 0.4) is 0 Å². The first-order valence-corrected chi connectivity index (χ1v) is 6.82. The fourth-order valence-corrected chi connectivity index (χ4v) is 1.67. The Labute approximate surface area is 115 Å². The van der Waals surface area contributed by atoms with Crippen molar-refractivity contribution in [1.82, 2.24) is 0 Å². The molecule has 2 atom stereocenters. The molecule has 0 bridgehead atoms. The first-order valence-electron chi connectivity index (χ1n) is 6.82. The SMILES string of the molecule is CCC(C)OC(=O)C(C)OCc1ccc(C)cc1C. The van der Waals surface area contributed by atoms with Crippen LogP contribution in [0.5, 0.6) is 0 Å². The number of benzene rings is 1. The summed E-state index contributed by atoms with van der Waals surface area (Å²) >= 11 is 0. The molecule has 0 N–H and O–H groups in total. The molecule has 0 aliphatic heterocycles. The van der Waals surface area contributed by atoms with Crippen molar-refractivity contribution < 1.29 is 14.3 Å². The second-order valence-electron chi connectivity index (χ2n) is 5.04. The Hall–Kier alpha value is -1.35. The highest BCUT2D eigenvalue weighted by molar-refractivity contribution is 5.74. The fourth-order valence-electron chi connectivity index (χ4n) is 1.67. The minimum absolute atomic E-state index is 0.0559. The Kier molecular flexibility index (Phi) is 6.03. The van der Waals surface area contributed by atoms with Crippen molar-refractivity contribution in [3.8, 4) is 0 Å². The van der Waals surface area contributed by atoms with E-state index in [2.05, 4.69) is 13.0 Å². The lowest BCUT2D eigenvalue weighted by Gasteiger charge is -2.16. The monoisotopic (exact) mass is 264 g/mol. The molecular weight excluding hydrogens is 240 g/mol. The summed E-state index contributed by atoms with van der Waals surface area (Å²) < 4.78 is 10.8. The maximum atomic E-state index is 11.7. The lowest BCUT2D eigenvalue weighted by atomic mass is 10.1. The number of rotatable bonds is 6. The minimum atomic E-state index is -0.533. The van der Waals surface area contributed by atoms with Gasteiger partial charge in [-0.15, -0.1) is 0 Å². The first kappa shape index (κ1) is 15.7. The Morgan fingerprint density at radius 3 is 2.53 bits per heavy atom. The van der Waals surface area contributed by atoms with Gasteiger partial charge in [0.2, 0.25) is 0 Å². The fraction of sp³-hybridized carbons (Fsp3) is 0.562. The van der Waals surface area contributed by atoms with E-state index in [1.54, 1.807) is 6.92 Å². The summed E-state index contributed by atoms with van der Waals surface area (Å²) in [6.07, 6.45) is 0.226.